The second-order valence-electron chi connectivity index (χ2n) is 8.88. The van der Waals surface area contributed by atoms with E-state index in [0.29, 0.717) is 31.2 Å². The number of aliphatic hydroxyl groups is 1. The van der Waals surface area contributed by atoms with Gasteiger partial charge in [-0.05, 0) is 62.4 Å². The summed E-state index contributed by atoms with van der Waals surface area (Å²) in [5.41, 5.74) is 1.16. The van der Waals surface area contributed by atoms with E-state index in [1.54, 1.807) is 18.4 Å². The van der Waals surface area contributed by atoms with Gasteiger partial charge in [0.15, 0.2) is 11.5 Å². The molecule has 2 atom stereocenters. The number of benzene rings is 1. The maximum atomic E-state index is 13.5. The second-order valence-corrected chi connectivity index (χ2v) is 9.89. The van der Waals surface area contributed by atoms with Gasteiger partial charge in [0.2, 0.25) is 5.91 Å². The van der Waals surface area contributed by atoms with E-state index in [2.05, 4.69) is 18.4 Å². The predicted octanol–water partition coefficient (Wildman–Crippen LogP) is 3.76. The Morgan fingerprint density at radius 1 is 1.26 bits per heavy atom. The third-order valence-corrected chi connectivity index (χ3v) is 6.87. The van der Waals surface area contributed by atoms with Crippen LogP contribution in [0.3, 0.4) is 0 Å². The second kappa shape index (κ2) is 13.1. The van der Waals surface area contributed by atoms with E-state index in [1.807, 2.05) is 47.9 Å². The van der Waals surface area contributed by atoms with E-state index >= 15 is 0 Å². The number of thiophene rings is 1. The third-order valence-electron chi connectivity index (χ3n) is 5.87. The topological polar surface area (TPSA) is 71.5 Å². The zero-order valence-corrected chi connectivity index (χ0v) is 21.6. The van der Waals surface area contributed by atoms with Crippen molar-refractivity contribution in [2.45, 2.75) is 51.9 Å². The SMILES string of the molecule is CCCN(CC(=O)N1CCc2sccc2[C@@H]1COc1ccccc1OC)C[C@@H](O)COC(C)C. The molecule has 0 aliphatic carbocycles. The predicted molar refractivity (Wildman–Crippen MR) is 135 cm³/mol. The van der Waals surface area contributed by atoms with Gasteiger partial charge in [-0.3, -0.25) is 9.69 Å². The molecule has 2 heterocycles. The van der Waals surface area contributed by atoms with Crippen LogP contribution in [0.15, 0.2) is 35.7 Å². The van der Waals surface area contributed by atoms with E-state index < -0.39 is 6.10 Å². The minimum Gasteiger partial charge on any atom is -0.493 e. The van der Waals surface area contributed by atoms with E-state index in [0.717, 1.165) is 24.9 Å². The molecule has 7 nitrogen and oxygen atoms in total. The lowest BCUT2D eigenvalue weighted by Crippen LogP contribution is -2.48. The Kier molecular flexibility index (Phi) is 10.2. The monoisotopic (exact) mass is 490 g/mol. The van der Waals surface area contributed by atoms with Crippen molar-refractivity contribution in [2.75, 3.05) is 46.5 Å². The minimum absolute atomic E-state index is 0.0518. The smallest absolute Gasteiger partial charge is 0.237 e. The van der Waals surface area contributed by atoms with Gasteiger partial charge in [-0.1, -0.05) is 19.1 Å². The van der Waals surface area contributed by atoms with Crippen LogP contribution in [0.4, 0.5) is 0 Å². The summed E-state index contributed by atoms with van der Waals surface area (Å²) in [7, 11) is 1.62. The van der Waals surface area contributed by atoms with Crippen LogP contribution in [-0.4, -0.2) is 79.5 Å². The highest BCUT2D eigenvalue weighted by molar-refractivity contribution is 7.10. The Balaban J connectivity index is 1.70. The lowest BCUT2D eigenvalue weighted by molar-refractivity contribution is -0.136. The van der Waals surface area contributed by atoms with Crippen LogP contribution in [0.2, 0.25) is 0 Å². The number of ether oxygens (including phenoxy) is 3. The highest BCUT2D eigenvalue weighted by atomic mass is 32.1. The number of aliphatic hydroxyl groups excluding tert-OH is 1. The molecule has 8 heteroatoms. The summed E-state index contributed by atoms with van der Waals surface area (Å²) in [6, 6.07) is 9.51. The van der Waals surface area contributed by atoms with Crippen molar-refractivity contribution >= 4 is 17.2 Å². The molecule has 0 bridgehead atoms. The molecule has 188 valence electrons. The van der Waals surface area contributed by atoms with E-state index in [4.69, 9.17) is 14.2 Å². The number of fused-ring (bicyclic) bond motifs is 1. The summed E-state index contributed by atoms with van der Waals surface area (Å²) in [4.78, 5) is 18.8. The first-order valence-electron chi connectivity index (χ1n) is 12.1. The molecule has 1 aliphatic rings. The summed E-state index contributed by atoms with van der Waals surface area (Å²) >= 11 is 1.73. The van der Waals surface area contributed by atoms with Gasteiger partial charge in [0.05, 0.1) is 38.5 Å². The number of rotatable bonds is 13. The molecule has 3 rings (SSSR count). The van der Waals surface area contributed by atoms with Crippen LogP contribution in [0.5, 0.6) is 11.5 Å². The highest BCUT2D eigenvalue weighted by Gasteiger charge is 2.33. The van der Waals surface area contributed by atoms with Gasteiger partial charge in [-0.15, -0.1) is 11.3 Å². The standard InChI is InChI=1S/C26H38N2O5S/c1-5-12-27(15-20(29)17-32-19(2)3)16-26(30)28-13-10-25-21(11-14-34-25)22(28)18-33-24-9-7-6-8-23(24)31-4/h6-9,11,14,19-20,22,29H,5,10,12-13,15-18H2,1-4H3/t20-,22+/m1/s1. The van der Waals surface area contributed by atoms with Gasteiger partial charge in [0.25, 0.3) is 0 Å². The van der Waals surface area contributed by atoms with E-state index in [9.17, 15) is 9.90 Å². The zero-order valence-electron chi connectivity index (χ0n) is 20.7. The van der Waals surface area contributed by atoms with E-state index in [1.165, 1.54) is 4.88 Å². The van der Waals surface area contributed by atoms with Crippen molar-refractivity contribution in [3.63, 3.8) is 0 Å². The fraction of sp³-hybridized carbons (Fsp3) is 0.577. The number of nitrogens with zero attached hydrogens (tertiary/aromatic N) is 2. The molecule has 0 fully saturated rings. The van der Waals surface area contributed by atoms with Gasteiger partial charge >= 0.3 is 0 Å². The number of hydrogen-bond acceptors (Lipinski definition) is 7. The molecule has 34 heavy (non-hydrogen) atoms. The van der Waals surface area contributed by atoms with Crippen molar-refractivity contribution < 1.29 is 24.1 Å². The zero-order chi connectivity index (χ0) is 24.5. The fourth-order valence-electron chi connectivity index (χ4n) is 4.27. The lowest BCUT2D eigenvalue weighted by Gasteiger charge is -2.37. The number of carbonyl (C=O) groups is 1. The molecule has 1 aromatic carbocycles. The molecule has 1 N–H and O–H groups in total. The number of para-hydroxylation sites is 2. The van der Waals surface area contributed by atoms with Crippen LogP contribution in [0, 0.1) is 0 Å². The highest BCUT2D eigenvalue weighted by Crippen LogP contribution is 2.35. The summed E-state index contributed by atoms with van der Waals surface area (Å²) in [6.45, 7) is 8.67. The molecule has 0 saturated heterocycles. The summed E-state index contributed by atoms with van der Waals surface area (Å²) in [6.07, 6.45) is 1.19. The first-order valence-corrected chi connectivity index (χ1v) is 12.9. The summed E-state index contributed by atoms with van der Waals surface area (Å²) in [5.74, 6) is 1.39. The molecule has 2 aromatic rings. The summed E-state index contributed by atoms with van der Waals surface area (Å²) in [5, 5.41) is 12.5. The van der Waals surface area contributed by atoms with Crippen LogP contribution >= 0.6 is 11.3 Å². The molecule has 1 aromatic heterocycles. The van der Waals surface area contributed by atoms with Crippen LogP contribution in [0.1, 0.15) is 43.7 Å². The van der Waals surface area contributed by atoms with Crippen molar-refractivity contribution in [1.82, 2.24) is 9.80 Å². The lowest BCUT2D eigenvalue weighted by atomic mass is 10.0. The Bertz CT molecular complexity index is 903. The third kappa shape index (κ3) is 7.18. The molecular formula is C26H38N2O5S. The van der Waals surface area contributed by atoms with Crippen molar-refractivity contribution in [3.05, 3.63) is 46.2 Å². The van der Waals surface area contributed by atoms with Crippen LogP contribution in [0.25, 0.3) is 0 Å². The number of amides is 1. The maximum absolute atomic E-state index is 13.5. The Morgan fingerprint density at radius 3 is 2.74 bits per heavy atom. The molecule has 1 aliphatic heterocycles. The maximum Gasteiger partial charge on any atom is 0.237 e. The number of carbonyl (C=O) groups excluding carboxylic acids is 1. The average Bonchev–Trinajstić information content (AvgIpc) is 3.30. The quantitative estimate of drug-likeness (QED) is 0.461. The summed E-state index contributed by atoms with van der Waals surface area (Å²) < 4.78 is 17.1. The van der Waals surface area contributed by atoms with Gasteiger partial charge in [-0.2, -0.15) is 0 Å². The first-order chi connectivity index (χ1) is 16.4. The Morgan fingerprint density at radius 2 is 2.03 bits per heavy atom. The van der Waals surface area contributed by atoms with Gasteiger partial charge in [0.1, 0.15) is 6.61 Å². The van der Waals surface area contributed by atoms with Crippen LogP contribution < -0.4 is 9.47 Å². The molecule has 0 spiro atoms. The largest absolute Gasteiger partial charge is 0.493 e. The van der Waals surface area contributed by atoms with Crippen molar-refractivity contribution in [3.8, 4) is 11.5 Å². The Hall–Kier alpha value is -2.13. The average molecular weight is 491 g/mol. The van der Waals surface area contributed by atoms with E-state index in [-0.39, 0.29) is 31.2 Å². The van der Waals surface area contributed by atoms with Crippen molar-refractivity contribution in [1.29, 1.82) is 0 Å². The minimum atomic E-state index is -0.628. The molecule has 0 radical (unpaired) electrons. The van der Waals surface area contributed by atoms with Crippen LogP contribution in [-0.2, 0) is 16.0 Å². The molecule has 0 saturated carbocycles. The van der Waals surface area contributed by atoms with Crippen molar-refractivity contribution in [2.24, 2.45) is 0 Å². The molecule has 0 unspecified atom stereocenters. The number of hydrogen-bond donors (Lipinski definition) is 1. The molecule has 1 amide bonds. The van der Waals surface area contributed by atoms with Gasteiger partial charge in [0, 0.05) is 18.0 Å². The van der Waals surface area contributed by atoms with Gasteiger partial charge in [-0.25, -0.2) is 0 Å². The number of methoxy groups -OCH3 is 1. The first kappa shape index (κ1) is 26.5. The normalized spacial score (nSPS) is 16.6. The molecular weight excluding hydrogens is 452 g/mol. The Labute approximate surface area is 207 Å². The van der Waals surface area contributed by atoms with Gasteiger partial charge < -0.3 is 24.2 Å². The fourth-order valence-corrected chi connectivity index (χ4v) is 5.20.